The summed E-state index contributed by atoms with van der Waals surface area (Å²) >= 11 is 0. The van der Waals surface area contributed by atoms with E-state index in [9.17, 15) is 14.4 Å². The number of nitrogens with zero attached hydrogens (tertiary/aromatic N) is 4. The van der Waals surface area contributed by atoms with E-state index in [-0.39, 0.29) is 17.2 Å². The van der Waals surface area contributed by atoms with Crippen LogP contribution in [0.1, 0.15) is 30.3 Å². The molecule has 1 amide bonds. The first kappa shape index (κ1) is 18.3. The standard InChI is InChI=1S/C18H20N6O3/c1-3-4-9-24-15(19)14(16(25)22-18(24)27)23(2)17(26)13-10-20-11-7-5-6-8-12(11)21-13/h5-8,10H,3-4,9,19H2,1-2H3,(H,22,25,27). The number of nitrogens with two attached hydrogens (primary N) is 1. The highest BCUT2D eigenvalue weighted by Crippen LogP contribution is 2.18. The molecule has 0 saturated carbocycles. The maximum absolute atomic E-state index is 12.8. The molecule has 0 fully saturated rings. The van der Waals surface area contributed by atoms with E-state index in [1.165, 1.54) is 17.8 Å². The Balaban J connectivity index is 2.03. The molecule has 1 aromatic carbocycles. The molecule has 0 spiro atoms. The van der Waals surface area contributed by atoms with Gasteiger partial charge in [0.2, 0.25) is 0 Å². The second kappa shape index (κ2) is 7.40. The highest BCUT2D eigenvalue weighted by molar-refractivity contribution is 6.06. The maximum atomic E-state index is 12.8. The molecule has 2 aromatic heterocycles. The van der Waals surface area contributed by atoms with Gasteiger partial charge in [-0.3, -0.25) is 24.1 Å². The third kappa shape index (κ3) is 3.43. The molecule has 0 saturated heterocycles. The Hall–Kier alpha value is -3.49. The second-order valence-corrected chi connectivity index (χ2v) is 6.11. The number of carbonyl (C=O) groups excluding carboxylic acids is 1. The number of aromatic amines is 1. The average molecular weight is 368 g/mol. The number of para-hydroxylation sites is 2. The zero-order chi connectivity index (χ0) is 19.6. The van der Waals surface area contributed by atoms with E-state index in [1.807, 2.05) is 13.0 Å². The fourth-order valence-corrected chi connectivity index (χ4v) is 2.77. The molecule has 9 heteroatoms. The number of H-pyrrole nitrogens is 1. The number of fused-ring (bicyclic) bond motifs is 1. The average Bonchev–Trinajstić information content (AvgIpc) is 2.66. The summed E-state index contributed by atoms with van der Waals surface area (Å²) in [6.45, 7) is 2.32. The number of rotatable bonds is 5. The summed E-state index contributed by atoms with van der Waals surface area (Å²) in [5, 5.41) is 0. The van der Waals surface area contributed by atoms with Crippen LogP contribution in [0.2, 0.25) is 0 Å². The van der Waals surface area contributed by atoms with Crippen molar-refractivity contribution in [3.05, 3.63) is 57.0 Å². The molecule has 9 nitrogen and oxygen atoms in total. The first-order valence-corrected chi connectivity index (χ1v) is 8.56. The van der Waals surface area contributed by atoms with Crippen molar-refractivity contribution in [1.82, 2.24) is 19.5 Å². The van der Waals surface area contributed by atoms with Crippen LogP contribution in [0, 0.1) is 0 Å². The second-order valence-electron chi connectivity index (χ2n) is 6.11. The highest BCUT2D eigenvalue weighted by Gasteiger charge is 2.23. The fourth-order valence-electron chi connectivity index (χ4n) is 2.77. The van der Waals surface area contributed by atoms with Gasteiger partial charge in [-0.2, -0.15) is 0 Å². The number of hydrogen-bond donors (Lipinski definition) is 2. The lowest BCUT2D eigenvalue weighted by Gasteiger charge is -2.20. The van der Waals surface area contributed by atoms with E-state index < -0.39 is 17.2 Å². The van der Waals surface area contributed by atoms with E-state index >= 15 is 0 Å². The number of nitrogens with one attached hydrogen (secondary N) is 1. The van der Waals surface area contributed by atoms with Gasteiger partial charge in [-0.05, 0) is 18.6 Å². The highest BCUT2D eigenvalue weighted by atomic mass is 16.2. The van der Waals surface area contributed by atoms with Crippen LogP contribution in [0.4, 0.5) is 11.5 Å². The van der Waals surface area contributed by atoms with Gasteiger partial charge >= 0.3 is 5.69 Å². The monoisotopic (exact) mass is 368 g/mol. The van der Waals surface area contributed by atoms with Gasteiger partial charge in [0, 0.05) is 13.6 Å². The molecule has 0 atom stereocenters. The van der Waals surface area contributed by atoms with Crippen LogP contribution in [0.5, 0.6) is 0 Å². The van der Waals surface area contributed by atoms with Crippen molar-refractivity contribution in [1.29, 1.82) is 0 Å². The van der Waals surface area contributed by atoms with Crippen LogP contribution < -0.4 is 21.9 Å². The first-order chi connectivity index (χ1) is 12.9. The molecule has 0 unspecified atom stereocenters. The minimum Gasteiger partial charge on any atom is -0.383 e. The molecule has 2 heterocycles. The van der Waals surface area contributed by atoms with Crippen LogP contribution in [0.3, 0.4) is 0 Å². The van der Waals surface area contributed by atoms with Gasteiger partial charge in [0.05, 0.1) is 17.2 Å². The molecule has 27 heavy (non-hydrogen) atoms. The van der Waals surface area contributed by atoms with Gasteiger partial charge in [-0.25, -0.2) is 9.78 Å². The number of carbonyl (C=O) groups is 1. The minimum atomic E-state index is -0.727. The van der Waals surface area contributed by atoms with Gasteiger partial charge in [0.15, 0.2) is 5.69 Å². The molecule has 3 N–H and O–H groups in total. The Morgan fingerprint density at radius 3 is 2.67 bits per heavy atom. The number of aromatic nitrogens is 4. The summed E-state index contributed by atoms with van der Waals surface area (Å²) < 4.78 is 1.26. The number of anilines is 2. The maximum Gasteiger partial charge on any atom is 0.330 e. The quantitative estimate of drug-likeness (QED) is 0.695. The van der Waals surface area contributed by atoms with Crippen LogP contribution in [-0.4, -0.2) is 32.5 Å². The Labute approximate surface area is 154 Å². The summed E-state index contributed by atoms with van der Waals surface area (Å²) in [5.41, 5.74) is 5.92. The molecule has 140 valence electrons. The first-order valence-electron chi connectivity index (χ1n) is 8.56. The Morgan fingerprint density at radius 2 is 1.96 bits per heavy atom. The van der Waals surface area contributed by atoms with Crippen molar-refractivity contribution < 1.29 is 4.79 Å². The van der Waals surface area contributed by atoms with Gasteiger partial charge in [-0.1, -0.05) is 25.5 Å². The van der Waals surface area contributed by atoms with Crippen molar-refractivity contribution in [2.45, 2.75) is 26.3 Å². The molecule has 0 aliphatic carbocycles. The third-order valence-electron chi connectivity index (χ3n) is 4.26. The lowest BCUT2D eigenvalue weighted by atomic mass is 10.2. The van der Waals surface area contributed by atoms with Crippen molar-refractivity contribution >= 4 is 28.4 Å². The van der Waals surface area contributed by atoms with Crippen LogP contribution in [0.25, 0.3) is 11.0 Å². The zero-order valence-corrected chi connectivity index (χ0v) is 15.1. The topological polar surface area (TPSA) is 127 Å². The minimum absolute atomic E-state index is 0.0539. The molecule has 3 rings (SSSR count). The number of nitrogen functional groups attached to an aromatic ring is 1. The Kier molecular flexibility index (Phi) is 5.02. The SMILES string of the molecule is CCCCn1c(N)c(N(C)C(=O)c2cnc3ccccc3n2)c(=O)[nH]c1=O. The van der Waals surface area contributed by atoms with Gasteiger partial charge in [0.25, 0.3) is 11.5 Å². The van der Waals surface area contributed by atoms with Gasteiger partial charge in [-0.15, -0.1) is 0 Å². The Bertz CT molecular complexity index is 1120. The zero-order valence-electron chi connectivity index (χ0n) is 15.1. The number of hydrogen-bond acceptors (Lipinski definition) is 6. The van der Waals surface area contributed by atoms with Crippen LogP contribution in [-0.2, 0) is 6.54 Å². The molecular weight excluding hydrogens is 348 g/mol. The van der Waals surface area contributed by atoms with Crippen molar-refractivity contribution in [2.24, 2.45) is 0 Å². The predicted molar refractivity (Wildman–Crippen MR) is 103 cm³/mol. The summed E-state index contributed by atoms with van der Waals surface area (Å²) in [6.07, 6.45) is 2.91. The lowest BCUT2D eigenvalue weighted by molar-refractivity contribution is 0.0988. The van der Waals surface area contributed by atoms with E-state index in [0.29, 0.717) is 24.0 Å². The van der Waals surface area contributed by atoms with E-state index in [4.69, 9.17) is 5.73 Å². The summed E-state index contributed by atoms with van der Waals surface area (Å²) in [6, 6.07) is 7.14. The van der Waals surface area contributed by atoms with Crippen molar-refractivity contribution in [3.8, 4) is 0 Å². The molecule has 3 aromatic rings. The summed E-state index contributed by atoms with van der Waals surface area (Å²) in [4.78, 5) is 49.0. The number of amides is 1. The molecule has 0 aliphatic rings. The van der Waals surface area contributed by atoms with E-state index in [1.54, 1.807) is 18.2 Å². The number of benzene rings is 1. The van der Waals surface area contributed by atoms with E-state index in [2.05, 4.69) is 15.0 Å². The summed E-state index contributed by atoms with van der Waals surface area (Å²) in [7, 11) is 1.41. The largest absolute Gasteiger partial charge is 0.383 e. The fraction of sp³-hybridized carbons (Fsp3) is 0.278. The molecule has 0 aliphatic heterocycles. The van der Waals surface area contributed by atoms with Crippen LogP contribution >= 0.6 is 0 Å². The third-order valence-corrected chi connectivity index (χ3v) is 4.26. The van der Waals surface area contributed by atoms with Crippen molar-refractivity contribution in [3.63, 3.8) is 0 Å². The van der Waals surface area contributed by atoms with E-state index in [0.717, 1.165) is 11.3 Å². The predicted octanol–water partition coefficient (Wildman–Crippen LogP) is 1.14. The lowest BCUT2D eigenvalue weighted by Crippen LogP contribution is -2.39. The smallest absolute Gasteiger partial charge is 0.330 e. The molecule has 0 bridgehead atoms. The van der Waals surface area contributed by atoms with Gasteiger partial charge < -0.3 is 10.6 Å². The Morgan fingerprint density at radius 1 is 1.26 bits per heavy atom. The van der Waals surface area contributed by atoms with Crippen LogP contribution in [0.15, 0.2) is 40.1 Å². The molecular formula is C18H20N6O3. The normalized spacial score (nSPS) is 10.9. The van der Waals surface area contributed by atoms with Gasteiger partial charge in [0.1, 0.15) is 11.5 Å². The molecule has 0 radical (unpaired) electrons. The van der Waals surface area contributed by atoms with Crippen molar-refractivity contribution in [2.75, 3.05) is 17.7 Å². The number of unbranched alkanes of at least 4 members (excludes halogenated alkanes) is 1. The summed E-state index contributed by atoms with van der Waals surface area (Å²) in [5.74, 6) is -0.604.